The Labute approximate surface area is 148 Å². The zero-order valence-corrected chi connectivity index (χ0v) is 14.3. The number of nitrogens with zero attached hydrogens (tertiary/aromatic N) is 1. The standard InChI is InChI=1S/C20H23N3O2/c1-3-9-15-10-8-11-16(19(15)24)14-21-23-20(25)18(4-2)22-17-12-6-5-7-13-17/h3,5-8,10-14,18,22,24H,1,4,9H2,2H3,(H,23,25)/b21-14-/t18-/m0/s1. The van der Waals surface area contributed by atoms with Crippen molar-refractivity contribution >= 4 is 17.8 Å². The van der Waals surface area contributed by atoms with Gasteiger partial charge in [0.2, 0.25) is 0 Å². The molecule has 0 saturated carbocycles. The van der Waals surface area contributed by atoms with Gasteiger partial charge in [0.05, 0.1) is 6.21 Å². The zero-order valence-electron chi connectivity index (χ0n) is 14.3. The monoisotopic (exact) mass is 337 g/mol. The summed E-state index contributed by atoms with van der Waals surface area (Å²) in [6.45, 7) is 5.59. The first-order valence-corrected chi connectivity index (χ1v) is 8.22. The number of anilines is 1. The van der Waals surface area contributed by atoms with Crippen LogP contribution in [-0.2, 0) is 11.2 Å². The lowest BCUT2D eigenvalue weighted by molar-refractivity contribution is -0.121. The van der Waals surface area contributed by atoms with E-state index in [9.17, 15) is 9.90 Å². The highest BCUT2D eigenvalue weighted by molar-refractivity contribution is 5.88. The largest absolute Gasteiger partial charge is 0.507 e. The molecule has 0 aromatic heterocycles. The minimum Gasteiger partial charge on any atom is -0.507 e. The van der Waals surface area contributed by atoms with Gasteiger partial charge in [-0.1, -0.05) is 43.3 Å². The van der Waals surface area contributed by atoms with E-state index in [0.717, 1.165) is 11.3 Å². The van der Waals surface area contributed by atoms with Crippen LogP contribution in [0.5, 0.6) is 5.75 Å². The Kier molecular flexibility index (Phi) is 6.77. The number of phenols is 1. The van der Waals surface area contributed by atoms with Gasteiger partial charge < -0.3 is 10.4 Å². The highest BCUT2D eigenvalue weighted by Crippen LogP contribution is 2.21. The molecule has 25 heavy (non-hydrogen) atoms. The Bertz CT molecular complexity index is 742. The molecule has 0 heterocycles. The van der Waals surface area contributed by atoms with E-state index in [1.54, 1.807) is 12.1 Å². The normalized spacial score (nSPS) is 11.9. The molecule has 0 unspecified atom stereocenters. The number of aromatic hydroxyl groups is 1. The van der Waals surface area contributed by atoms with Gasteiger partial charge in [-0.2, -0.15) is 5.10 Å². The average molecular weight is 337 g/mol. The molecule has 2 rings (SSSR count). The number of rotatable bonds is 8. The number of carbonyl (C=O) groups is 1. The van der Waals surface area contributed by atoms with Crippen LogP contribution >= 0.6 is 0 Å². The third-order valence-electron chi connectivity index (χ3n) is 3.73. The van der Waals surface area contributed by atoms with Gasteiger partial charge in [0, 0.05) is 11.3 Å². The topological polar surface area (TPSA) is 73.7 Å². The van der Waals surface area contributed by atoms with Gasteiger partial charge in [-0.15, -0.1) is 6.58 Å². The number of nitrogens with one attached hydrogen (secondary N) is 2. The summed E-state index contributed by atoms with van der Waals surface area (Å²) in [4.78, 5) is 12.3. The van der Waals surface area contributed by atoms with Crippen molar-refractivity contribution in [3.63, 3.8) is 0 Å². The molecule has 0 aliphatic heterocycles. The number of benzene rings is 2. The molecule has 130 valence electrons. The highest BCUT2D eigenvalue weighted by Gasteiger charge is 2.15. The predicted molar refractivity (Wildman–Crippen MR) is 102 cm³/mol. The lowest BCUT2D eigenvalue weighted by Gasteiger charge is -2.16. The maximum atomic E-state index is 12.3. The van der Waals surface area contributed by atoms with Crippen molar-refractivity contribution in [3.8, 4) is 5.75 Å². The molecule has 3 N–H and O–H groups in total. The molecular weight excluding hydrogens is 314 g/mol. The molecule has 0 bridgehead atoms. The van der Waals surface area contributed by atoms with Crippen molar-refractivity contribution in [2.45, 2.75) is 25.8 Å². The summed E-state index contributed by atoms with van der Waals surface area (Å²) in [5.74, 6) is -0.0841. The van der Waals surface area contributed by atoms with E-state index in [1.165, 1.54) is 6.21 Å². The van der Waals surface area contributed by atoms with Crippen LogP contribution in [0.4, 0.5) is 5.69 Å². The first kappa shape index (κ1) is 18.3. The Balaban J connectivity index is 1.99. The quantitative estimate of drug-likeness (QED) is 0.392. The van der Waals surface area contributed by atoms with Crippen molar-refractivity contribution < 1.29 is 9.90 Å². The summed E-state index contributed by atoms with van der Waals surface area (Å²) in [5, 5.41) is 17.3. The lowest BCUT2D eigenvalue weighted by Crippen LogP contribution is -2.36. The fourth-order valence-electron chi connectivity index (χ4n) is 2.37. The fourth-order valence-corrected chi connectivity index (χ4v) is 2.37. The molecule has 0 spiro atoms. The van der Waals surface area contributed by atoms with E-state index >= 15 is 0 Å². The van der Waals surface area contributed by atoms with Gasteiger partial charge in [-0.05, 0) is 36.6 Å². The van der Waals surface area contributed by atoms with Gasteiger partial charge in [0.15, 0.2) is 0 Å². The maximum Gasteiger partial charge on any atom is 0.262 e. The van der Waals surface area contributed by atoms with Gasteiger partial charge >= 0.3 is 0 Å². The van der Waals surface area contributed by atoms with Gasteiger partial charge in [-0.3, -0.25) is 4.79 Å². The third kappa shape index (κ3) is 5.21. The van der Waals surface area contributed by atoms with Crippen LogP contribution in [0.3, 0.4) is 0 Å². The predicted octanol–water partition coefficient (Wildman–Crippen LogP) is 3.46. The lowest BCUT2D eigenvalue weighted by atomic mass is 10.1. The number of para-hydroxylation sites is 2. The van der Waals surface area contributed by atoms with E-state index in [4.69, 9.17) is 0 Å². The average Bonchev–Trinajstić information content (AvgIpc) is 2.63. The second kappa shape index (κ2) is 9.27. The molecule has 2 aromatic rings. The second-order valence-corrected chi connectivity index (χ2v) is 5.55. The molecular formula is C20H23N3O2. The van der Waals surface area contributed by atoms with Gasteiger partial charge in [-0.25, -0.2) is 5.43 Å². The molecule has 1 atom stereocenters. The van der Waals surface area contributed by atoms with Crippen molar-refractivity contribution in [1.82, 2.24) is 5.43 Å². The number of allylic oxidation sites excluding steroid dienone is 1. The molecule has 5 heteroatoms. The number of hydrogen-bond acceptors (Lipinski definition) is 4. The first-order valence-electron chi connectivity index (χ1n) is 8.22. The third-order valence-corrected chi connectivity index (χ3v) is 3.73. The Hall–Kier alpha value is -3.08. The first-order chi connectivity index (χ1) is 12.2. The number of hydrazone groups is 1. The van der Waals surface area contributed by atoms with Crippen molar-refractivity contribution in [3.05, 3.63) is 72.3 Å². The van der Waals surface area contributed by atoms with Crippen molar-refractivity contribution in [2.75, 3.05) is 5.32 Å². The maximum absolute atomic E-state index is 12.3. The Morgan fingerprint density at radius 2 is 2.00 bits per heavy atom. The molecule has 0 fully saturated rings. The fraction of sp³-hybridized carbons (Fsp3) is 0.200. The minimum atomic E-state index is -0.389. The number of hydrogen-bond donors (Lipinski definition) is 3. The molecule has 5 nitrogen and oxygen atoms in total. The van der Waals surface area contributed by atoms with Crippen molar-refractivity contribution in [1.29, 1.82) is 0 Å². The molecule has 0 saturated heterocycles. The summed E-state index contributed by atoms with van der Waals surface area (Å²) in [6, 6.07) is 14.5. The van der Waals surface area contributed by atoms with E-state index in [2.05, 4.69) is 22.4 Å². The molecule has 2 aromatic carbocycles. The summed E-state index contributed by atoms with van der Waals surface area (Å²) < 4.78 is 0. The Morgan fingerprint density at radius 1 is 1.24 bits per heavy atom. The summed E-state index contributed by atoms with van der Waals surface area (Å²) in [7, 11) is 0. The summed E-state index contributed by atoms with van der Waals surface area (Å²) in [6.07, 6.45) is 4.35. The molecule has 0 aliphatic carbocycles. The molecule has 1 amide bonds. The van der Waals surface area contributed by atoms with Gasteiger partial charge in [0.25, 0.3) is 5.91 Å². The number of amides is 1. The van der Waals surface area contributed by atoms with Crippen LogP contribution < -0.4 is 10.7 Å². The van der Waals surface area contributed by atoms with Gasteiger partial charge in [0.1, 0.15) is 11.8 Å². The summed E-state index contributed by atoms with van der Waals surface area (Å²) in [5.41, 5.74) is 4.71. The highest BCUT2D eigenvalue weighted by atomic mass is 16.3. The minimum absolute atomic E-state index is 0.148. The van der Waals surface area contributed by atoms with E-state index in [1.807, 2.05) is 49.4 Å². The summed E-state index contributed by atoms with van der Waals surface area (Å²) >= 11 is 0. The van der Waals surface area contributed by atoms with Crippen LogP contribution in [0.15, 0.2) is 66.3 Å². The molecule has 0 radical (unpaired) electrons. The molecule has 0 aliphatic rings. The smallest absolute Gasteiger partial charge is 0.262 e. The van der Waals surface area contributed by atoms with E-state index in [-0.39, 0.29) is 17.7 Å². The van der Waals surface area contributed by atoms with Crippen LogP contribution in [0, 0.1) is 0 Å². The SMILES string of the molecule is C=CCc1cccc(/C=N\NC(=O)[C@H](CC)Nc2ccccc2)c1O. The van der Waals surface area contributed by atoms with Crippen LogP contribution in [0.2, 0.25) is 0 Å². The van der Waals surface area contributed by atoms with Crippen LogP contribution in [0.25, 0.3) is 0 Å². The van der Waals surface area contributed by atoms with E-state index < -0.39 is 0 Å². The number of carbonyl (C=O) groups excluding carboxylic acids is 1. The second-order valence-electron chi connectivity index (χ2n) is 5.55. The van der Waals surface area contributed by atoms with Crippen molar-refractivity contribution in [2.24, 2.45) is 5.10 Å². The number of phenolic OH excluding ortho intramolecular Hbond substituents is 1. The van der Waals surface area contributed by atoms with Crippen LogP contribution in [0.1, 0.15) is 24.5 Å². The van der Waals surface area contributed by atoms with E-state index in [0.29, 0.717) is 18.4 Å². The van der Waals surface area contributed by atoms with Crippen LogP contribution in [-0.4, -0.2) is 23.3 Å². The zero-order chi connectivity index (χ0) is 18.1. The Morgan fingerprint density at radius 3 is 2.68 bits per heavy atom.